The zero-order chi connectivity index (χ0) is 19.9. The predicted molar refractivity (Wildman–Crippen MR) is 116 cm³/mol. The molecule has 4 heteroatoms. The van der Waals surface area contributed by atoms with Gasteiger partial charge < -0.3 is 5.32 Å². The Morgan fingerprint density at radius 2 is 1.68 bits per heavy atom. The zero-order valence-electron chi connectivity index (χ0n) is 17.3. The molecule has 0 unspecified atom stereocenters. The fourth-order valence-electron chi connectivity index (χ4n) is 3.66. The Kier molecular flexibility index (Phi) is 6.85. The Bertz CT molecular complexity index is 922. The molecule has 2 aromatic carbocycles. The summed E-state index contributed by atoms with van der Waals surface area (Å²) in [4.78, 5) is 17.0. The lowest BCUT2D eigenvalue weighted by atomic mass is 10.1. The quantitative estimate of drug-likeness (QED) is 0.484. The second kappa shape index (κ2) is 9.54. The standard InChI is InChI=1S/C24H31N3O/c1-4-5-6-7-8-9-12-25-24(28)20-10-11-23-22(16-20)26-17-27(23)21-14-18(2)13-19(3)15-21/h10-11,13-17H,4-9,12H2,1-3H3,(H,25,28). The number of unbranched alkanes of at least 4 members (excludes halogenated alkanes) is 5. The van der Waals surface area contributed by atoms with E-state index in [9.17, 15) is 4.79 Å². The van der Waals surface area contributed by atoms with Crippen molar-refractivity contribution in [3.63, 3.8) is 0 Å². The maximum absolute atomic E-state index is 12.4. The van der Waals surface area contributed by atoms with Crippen molar-refractivity contribution in [2.45, 2.75) is 59.3 Å². The van der Waals surface area contributed by atoms with Crippen molar-refractivity contribution in [1.82, 2.24) is 14.9 Å². The van der Waals surface area contributed by atoms with Crippen LogP contribution in [-0.2, 0) is 0 Å². The molecule has 0 radical (unpaired) electrons. The van der Waals surface area contributed by atoms with Gasteiger partial charge in [-0.1, -0.05) is 45.1 Å². The molecule has 0 aliphatic carbocycles. The largest absolute Gasteiger partial charge is 0.352 e. The molecule has 4 nitrogen and oxygen atoms in total. The van der Waals surface area contributed by atoms with E-state index in [1.54, 1.807) is 0 Å². The smallest absolute Gasteiger partial charge is 0.251 e. The Labute approximate surface area is 168 Å². The highest BCUT2D eigenvalue weighted by Gasteiger charge is 2.10. The van der Waals surface area contributed by atoms with Gasteiger partial charge in [-0.2, -0.15) is 0 Å². The number of fused-ring (bicyclic) bond motifs is 1. The van der Waals surface area contributed by atoms with Crippen molar-refractivity contribution < 1.29 is 4.79 Å². The van der Waals surface area contributed by atoms with Gasteiger partial charge in [0.15, 0.2) is 0 Å². The lowest BCUT2D eigenvalue weighted by molar-refractivity contribution is 0.0953. The van der Waals surface area contributed by atoms with Crippen LogP contribution in [0, 0.1) is 13.8 Å². The summed E-state index contributed by atoms with van der Waals surface area (Å²) in [6.07, 6.45) is 9.17. The van der Waals surface area contributed by atoms with E-state index in [2.05, 4.69) is 53.8 Å². The molecule has 0 aliphatic heterocycles. The third kappa shape index (κ3) is 5.00. The van der Waals surface area contributed by atoms with Crippen LogP contribution in [0.1, 0.15) is 66.9 Å². The molecule has 1 aromatic heterocycles. The van der Waals surface area contributed by atoms with Crippen LogP contribution in [0.4, 0.5) is 0 Å². The first-order valence-corrected chi connectivity index (χ1v) is 10.4. The van der Waals surface area contributed by atoms with Crippen molar-refractivity contribution in [2.24, 2.45) is 0 Å². The van der Waals surface area contributed by atoms with Crippen LogP contribution >= 0.6 is 0 Å². The molecule has 0 aliphatic rings. The molecule has 148 valence electrons. The molecule has 0 saturated heterocycles. The maximum Gasteiger partial charge on any atom is 0.251 e. The van der Waals surface area contributed by atoms with Crippen LogP contribution in [-0.4, -0.2) is 22.0 Å². The number of hydrogen-bond acceptors (Lipinski definition) is 2. The summed E-state index contributed by atoms with van der Waals surface area (Å²) in [5.74, 6) is -0.0172. The summed E-state index contributed by atoms with van der Waals surface area (Å²) in [5.41, 5.74) is 6.07. The van der Waals surface area contributed by atoms with E-state index in [0.29, 0.717) is 5.56 Å². The number of nitrogens with zero attached hydrogens (tertiary/aromatic N) is 2. The summed E-state index contributed by atoms with van der Waals surface area (Å²) < 4.78 is 2.08. The number of nitrogens with one attached hydrogen (secondary N) is 1. The molecule has 28 heavy (non-hydrogen) atoms. The monoisotopic (exact) mass is 377 g/mol. The summed E-state index contributed by atoms with van der Waals surface area (Å²) in [6, 6.07) is 12.2. The van der Waals surface area contributed by atoms with Gasteiger partial charge in [-0.15, -0.1) is 0 Å². The van der Waals surface area contributed by atoms with E-state index in [1.165, 1.54) is 43.2 Å². The number of rotatable bonds is 9. The first-order chi connectivity index (χ1) is 13.6. The number of benzene rings is 2. The fourth-order valence-corrected chi connectivity index (χ4v) is 3.66. The molecule has 3 rings (SSSR count). The molecule has 3 aromatic rings. The van der Waals surface area contributed by atoms with Crippen molar-refractivity contribution >= 4 is 16.9 Å². The molecule has 1 heterocycles. The molecule has 1 amide bonds. The average Bonchev–Trinajstić information content (AvgIpc) is 3.09. The fraction of sp³-hybridized carbons (Fsp3) is 0.417. The van der Waals surface area contributed by atoms with Gasteiger partial charge in [-0.3, -0.25) is 9.36 Å². The minimum atomic E-state index is -0.0172. The van der Waals surface area contributed by atoms with Gasteiger partial charge in [-0.25, -0.2) is 4.98 Å². The van der Waals surface area contributed by atoms with Gasteiger partial charge >= 0.3 is 0 Å². The summed E-state index contributed by atoms with van der Waals surface area (Å²) in [7, 11) is 0. The van der Waals surface area contributed by atoms with E-state index < -0.39 is 0 Å². The lowest BCUT2D eigenvalue weighted by Gasteiger charge is -2.08. The van der Waals surface area contributed by atoms with Gasteiger partial charge in [0.25, 0.3) is 5.91 Å². The Morgan fingerprint density at radius 1 is 0.964 bits per heavy atom. The summed E-state index contributed by atoms with van der Waals surface area (Å²) in [5, 5.41) is 3.03. The maximum atomic E-state index is 12.4. The van der Waals surface area contributed by atoms with E-state index in [-0.39, 0.29) is 5.91 Å². The van der Waals surface area contributed by atoms with Crippen molar-refractivity contribution in [1.29, 1.82) is 0 Å². The SMILES string of the molecule is CCCCCCCCNC(=O)c1ccc2c(c1)ncn2-c1cc(C)cc(C)c1. The van der Waals surface area contributed by atoms with Crippen LogP contribution < -0.4 is 5.32 Å². The van der Waals surface area contributed by atoms with Gasteiger partial charge in [0.05, 0.1) is 11.0 Å². The minimum Gasteiger partial charge on any atom is -0.352 e. The zero-order valence-corrected chi connectivity index (χ0v) is 17.3. The van der Waals surface area contributed by atoms with Crippen LogP contribution in [0.15, 0.2) is 42.7 Å². The highest BCUT2D eigenvalue weighted by molar-refractivity contribution is 5.97. The minimum absolute atomic E-state index is 0.0172. The molecular formula is C24H31N3O. The number of imidazole rings is 1. The Morgan fingerprint density at radius 3 is 2.43 bits per heavy atom. The highest BCUT2D eigenvalue weighted by Crippen LogP contribution is 2.21. The Balaban J connectivity index is 1.64. The van der Waals surface area contributed by atoms with Crippen molar-refractivity contribution in [3.8, 4) is 5.69 Å². The predicted octanol–water partition coefficient (Wildman–Crippen LogP) is 5.73. The number of carbonyl (C=O) groups excluding carboxylic acids is 1. The van der Waals surface area contributed by atoms with Gasteiger partial charge in [0, 0.05) is 17.8 Å². The third-order valence-electron chi connectivity index (χ3n) is 5.11. The van der Waals surface area contributed by atoms with Gasteiger partial charge in [0.1, 0.15) is 6.33 Å². The molecule has 0 fully saturated rings. The number of aromatic nitrogens is 2. The summed E-state index contributed by atoms with van der Waals surface area (Å²) in [6.45, 7) is 7.16. The van der Waals surface area contributed by atoms with Crippen LogP contribution in [0.2, 0.25) is 0 Å². The van der Waals surface area contributed by atoms with E-state index in [4.69, 9.17) is 0 Å². The van der Waals surface area contributed by atoms with Crippen molar-refractivity contribution in [2.75, 3.05) is 6.54 Å². The lowest BCUT2D eigenvalue weighted by Crippen LogP contribution is -2.24. The van der Waals surface area contributed by atoms with E-state index >= 15 is 0 Å². The molecule has 0 atom stereocenters. The van der Waals surface area contributed by atoms with E-state index in [0.717, 1.165) is 29.7 Å². The highest BCUT2D eigenvalue weighted by atomic mass is 16.1. The second-order valence-corrected chi connectivity index (χ2v) is 7.69. The average molecular weight is 378 g/mol. The van der Waals surface area contributed by atoms with E-state index in [1.807, 2.05) is 24.5 Å². The number of amides is 1. The van der Waals surface area contributed by atoms with Gasteiger partial charge in [-0.05, 0) is 61.7 Å². The van der Waals surface area contributed by atoms with Crippen LogP contribution in [0.25, 0.3) is 16.7 Å². The first-order valence-electron chi connectivity index (χ1n) is 10.4. The van der Waals surface area contributed by atoms with Gasteiger partial charge in [0.2, 0.25) is 0 Å². The van der Waals surface area contributed by atoms with Crippen molar-refractivity contribution in [3.05, 3.63) is 59.4 Å². The Hall–Kier alpha value is -2.62. The summed E-state index contributed by atoms with van der Waals surface area (Å²) >= 11 is 0. The van der Waals surface area contributed by atoms with Crippen LogP contribution in [0.5, 0.6) is 0 Å². The molecule has 0 saturated carbocycles. The first kappa shape index (κ1) is 20.1. The topological polar surface area (TPSA) is 46.9 Å². The molecular weight excluding hydrogens is 346 g/mol. The second-order valence-electron chi connectivity index (χ2n) is 7.69. The number of hydrogen-bond donors (Lipinski definition) is 1. The number of carbonyl (C=O) groups is 1. The molecule has 0 spiro atoms. The normalized spacial score (nSPS) is 11.1. The van der Waals surface area contributed by atoms with Crippen LogP contribution in [0.3, 0.4) is 0 Å². The molecule has 1 N–H and O–H groups in total. The third-order valence-corrected chi connectivity index (χ3v) is 5.11. The number of aryl methyl sites for hydroxylation is 2. The molecule has 0 bridgehead atoms.